The highest BCUT2D eigenvalue weighted by Crippen LogP contribution is 2.18. The summed E-state index contributed by atoms with van der Waals surface area (Å²) in [5.41, 5.74) is 13.6. The fourth-order valence-corrected chi connectivity index (χ4v) is 1.77. The van der Waals surface area contributed by atoms with Gasteiger partial charge in [-0.15, -0.1) is 0 Å². The fourth-order valence-electron chi connectivity index (χ4n) is 1.77. The van der Waals surface area contributed by atoms with Gasteiger partial charge in [0.1, 0.15) is 11.4 Å². The van der Waals surface area contributed by atoms with Crippen LogP contribution in [0.4, 0.5) is 11.6 Å². The molecule has 1 aromatic carbocycles. The Hall–Kier alpha value is -2.50. The molecule has 0 bridgehead atoms. The molecule has 94 valence electrons. The fraction of sp³-hybridized carbons (Fsp3) is 0.167. The first-order valence-electron chi connectivity index (χ1n) is 5.37. The Morgan fingerprint density at radius 3 is 2.39 bits per heavy atom. The number of hydrogen-bond donors (Lipinski definition) is 3. The number of anilines is 1. The Morgan fingerprint density at radius 1 is 1.28 bits per heavy atom. The molecule has 0 aliphatic heterocycles. The highest BCUT2D eigenvalue weighted by atomic mass is 16.5. The summed E-state index contributed by atoms with van der Waals surface area (Å²) in [5.74, 6) is -0.0295. The topological polar surface area (TPSA) is 110 Å². The zero-order valence-electron chi connectivity index (χ0n) is 10.2. The van der Waals surface area contributed by atoms with Crippen LogP contribution in [0.5, 0.6) is 0 Å². The van der Waals surface area contributed by atoms with Crippen LogP contribution < -0.4 is 17.0 Å². The Morgan fingerprint density at radius 2 is 1.89 bits per heavy atom. The lowest BCUT2D eigenvalue weighted by Gasteiger charge is -2.01. The smallest absolute Gasteiger partial charge is 0.293 e. The number of aromatic amines is 1. The SMILES string of the molecule is Cc1cc(C)cc(N=C(N)c2c(N)o[nH]c2=O)c1. The molecule has 0 fully saturated rings. The first kappa shape index (κ1) is 12.0. The second-order valence-corrected chi connectivity index (χ2v) is 4.12. The van der Waals surface area contributed by atoms with E-state index in [2.05, 4.69) is 14.7 Å². The molecule has 0 atom stereocenters. The first-order chi connectivity index (χ1) is 8.47. The normalized spacial score (nSPS) is 11.8. The van der Waals surface area contributed by atoms with Gasteiger partial charge in [-0.1, -0.05) is 6.07 Å². The molecule has 2 rings (SSSR count). The Kier molecular flexibility index (Phi) is 2.93. The van der Waals surface area contributed by atoms with E-state index in [0.29, 0.717) is 5.69 Å². The summed E-state index contributed by atoms with van der Waals surface area (Å²) >= 11 is 0. The lowest BCUT2D eigenvalue weighted by Crippen LogP contribution is -2.22. The number of aromatic nitrogens is 1. The van der Waals surface area contributed by atoms with Gasteiger partial charge in [-0.3, -0.25) is 4.79 Å². The van der Waals surface area contributed by atoms with Gasteiger partial charge in [-0.25, -0.2) is 4.99 Å². The van der Waals surface area contributed by atoms with Crippen LogP contribution in [0.15, 0.2) is 32.5 Å². The summed E-state index contributed by atoms with van der Waals surface area (Å²) in [7, 11) is 0. The van der Waals surface area contributed by atoms with Crippen molar-refractivity contribution in [2.24, 2.45) is 10.7 Å². The molecule has 0 aliphatic rings. The van der Waals surface area contributed by atoms with E-state index in [1.807, 2.05) is 32.0 Å². The van der Waals surface area contributed by atoms with Gasteiger partial charge >= 0.3 is 0 Å². The van der Waals surface area contributed by atoms with Crippen molar-refractivity contribution in [3.8, 4) is 0 Å². The number of hydrogen-bond acceptors (Lipinski definition) is 4. The predicted molar refractivity (Wildman–Crippen MR) is 70.0 cm³/mol. The van der Waals surface area contributed by atoms with Crippen LogP contribution in [0, 0.1) is 13.8 Å². The Balaban J connectivity index is 2.48. The minimum Gasteiger partial charge on any atom is -0.383 e. The molecule has 6 heteroatoms. The van der Waals surface area contributed by atoms with Crippen molar-refractivity contribution in [1.29, 1.82) is 0 Å². The molecule has 0 saturated heterocycles. The number of nitrogens with one attached hydrogen (secondary N) is 1. The van der Waals surface area contributed by atoms with Gasteiger partial charge in [0.25, 0.3) is 5.56 Å². The number of aliphatic imine (C=N–C) groups is 1. The Bertz CT molecular complexity index is 647. The summed E-state index contributed by atoms with van der Waals surface area (Å²) in [5, 5.41) is 2.11. The predicted octanol–water partition coefficient (Wildman–Crippen LogP) is 1.20. The van der Waals surface area contributed by atoms with Crippen LogP contribution in [0.1, 0.15) is 16.7 Å². The summed E-state index contributed by atoms with van der Waals surface area (Å²) in [6.07, 6.45) is 0. The summed E-state index contributed by atoms with van der Waals surface area (Å²) < 4.78 is 4.68. The Labute approximate surface area is 103 Å². The molecule has 0 amide bonds. The van der Waals surface area contributed by atoms with Crippen molar-refractivity contribution in [1.82, 2.24) is 5.16 Å². The third-order valence-electron chi connectivity index (χ3n) is 2.44. The minimum absolute atomic E-state index is 0.0347. The number of amidine groups is 1. The number of rotatable bonds is 2. The molecular weight excluding hydrogens is 232 g/mol. The van der Waals surface area contributed by atoms with Crippen LogP contribution >= 0.6 is 0 Å². The number of nitrogens with two attached hydrogens (primary N) is 2. The number of nitrogens with zero attached hydrogens (tertiary/aromatic N) is 1. The van der Waals surface area contributed by atoms with E-state index in [4.69, 9.17) is 11.5 Å². The van der Waals surface area contributed by atoms with E-state index >= 15 is 0 Å². The van der Waals surface area contributed by atoms with E-state index in [-0.39, 0.29) is 17.3 Å². The highest BCUT2D eigenvalue weighted by Gasteiger charge is 2.13. The zero-order chi connectivity index (χ0) is 13.3. The van der Waals surface area contributed by atoms with Crippen LogP contribution in [0.2, 0.25) is 0 Å². The third kappa shape index (κ3) is 2.27. The van der Waals surface area contributed by atoms with Crippen LogP contribution in [0.25, 0.3) is 0 Å². The monoisotopic (exact) mass is 246 g/mol. The lowest BCUT2D eigenvalue weighted by molar-refractivity contribution is 0.430. The highest BCUT2D eigenvalue weighted by molar-refractivity contribution is 6.01. The van der Waals surface area contributed by atoms with E-state index in [0.717, 1.165) is 11.1 Å². The van der Waals surface area contributed by atoms with Crippen molar-refractivity contribution < 1.29 is 4.52 Å². The number of nitrogen functional groups attached to an aromatic ring is 1. The quantitative estimate of drug-likeness (QED) is 0.546. The standard InChI is InChI=1S/C12H14N4O2/c1-6-3-7(2)5-8(4-6)15-10(13)9-11(14)18-16-12(9)17/h3-5H,14H2,1-2H3,(H2,13,15)(H,16,17). The van der Waals surface area contributed by atoms with Crippen LogP contribution in [-0.4, -0.2) is 11.0 Å². The van der Waals surface area contributed by atoms with Crippen molar-refractivity contribution in [2.75, 3.05) is 5.73 Å². The molecule has 6 nitrogen and oxygen atoms in total. The summed E-state index contributed by atoms with van der Waals surface area (Å²) in [6.45, 7) is 3.92. The van der Waals surface area contributed by atoms with Gasteiger partial charge in [-0.2, -0.15) is 5.16 Å². The molecule has 2 aromatic rings. The average Bonchev–Trinajstić information content (AvgIpc) is 2.56. The van der Waals surface area contributed by atoms with Crippen molar-refractivity contribution >= 4 is 17.4 Å². The maximum atomic E-state index is 11.4. The summed E-state index contributed by atoms with van der Waals surface area (Å²) in [6, 6.07) is 5.75. The molecule has 0 spiro atoms. The van der Waals surface area contributed by atoms with E-state index in [1.165, 1.54) is 0 Å². The zero-order valence-corrected chi connectivity index (χ0v) is 10.2. The van der Waals surface area contributed by atoms with Crippen LogP contribution in [-0.2, 0) is 0 Å². The van der Waals surface area contributed by atoms with Gasteiger partial charge in [0.05, 0.1) is 5.69 Å². The molecule has 5 N–H and O–H groups in total. The first-order valence-corrected chi connectivity index (χ1v) is 5.37. The molecule has 0 saturated carbocycles. The molecule has 0 unspecified atom stereocenters. The van der Waals surface area contributed by atoms with Gasteiger partial charge in [-0.05, 0) is 37.1 Å². The van der Waals surface area contributed by atoms with Gasteiger partial charge in [0.15, 0.2) is 0 Å². The number of aryl methyl sites for hydroxylation is 2. The van der Waals surface area contributed by atoms with Gasteiger partial charge in [0, 0.05) is 0 Å². The van der Waals surface area contributed by atoms with Crippen molar-refractivity contribution in [3.63, 3.8) is 0 Å². The second-order valence-electron chi connectivity index (χ2n) is 4.12. The molecule has 1 heterocycles. The summed E-state index contributed by atoms with van der Waals surface area (Å²) in [4.78, 5) is 15.6. The largest absolute Gasteiger partial charge is 0.383 e. The van der Waals surface area contributed by atoms with E-state index < -0.39 is 5.56 Å². The molecule has 0 radical (unpaired) electrons. The molecule has 1 aromatic heterocycles. The molecular formula is C12H14N4O2. The van der Waals surface area contributed by atoms with E-state index in [1.54, 1.807) is 0 Å². The average molecular weight is 246 g/mol. The van der Waals surface area contributed by atoms with Crippen molar-refractivity contribution in [3.05, 3.63) is 45.2 Å². The number of benzene rings is 1. The van der Waals surface area contributed by atoms with E-state index in [9.17, 15) is 4.79 Å². The number of H-pyrrole nitrogens is 1. The minimum atomic E-state index is -0.488. The third-order valence-corrected chi connectivity index (χ3v) is 2.44. The van der Waals surface area contributed by atoms with Gasteiger partial charge in [0.2, 0.25) is 5.88 Å². The van der Waals surface area contributed by atoms with Crippen LogP contribution in [0.3, 0.4) is 0 Å². The maximum Gasteiger partial charge on any atom is 0.293 e. The van der Waals surface area contributed by atoms with Gasteiger partial charge < -0.3 is 16.0 Å². The molecule has 0 aliphatic carbocycles. The molecule has 18 heavy (non-hydrogen) atoms. The van der Waals surface area contributed by atoms with Crippen molar-refractivity contribution in [2.45, 2.75) is 13.8 Å². The lowest BCUT2D eigenvalue weighted by atomic mass is 10.1. The second kappa shape index (κ2) is 4.40. The maximum absolute atomic E-state index is 11.4.